The molecule has 0 aliphatic carbocycles. The number of nitrogens with one attached hydrogen (secondary N) is 1. The van der Waals surface area contributed by atoms with Crippen LogP contribution in [0, 0.1) is 0 Å². The summed E-state index contributed by atoms with van der Waals surface area (Å²) in [6, 6.07) is 15.3. The van der Waals surface area contributed by atoms with Crippen molar-refractivity contribution >= 4 is 26.5 Å². The zero-order valence-electron chi connectivity index (χ0n) is 14.0. The Balaban J connectivity index is 1.64. The zero-order valence-corrected chi connectivity index (χ0v) is 15.6. The molecule has 0 spiro atoms. The maximum atomic E-state index is 12.5. The van der Waals surface area contributed by atoms with Gasteiger partial charge in [-0.25, -0.2) is 13.1 Å². The molecule has 1 aromatic heterocycles. The van der Waals surface area contributed by atoms with Crippen molar-refractivity contribution in [1.82, 2.24) is 14.9 Å². The number of hydrogen-bond acceptors (Lipinski definition) is 7. The first-order chi connectivity index (χ1) is 12.4. The molecule has 3 rings (SSSR count). The van der Waals surface area contributed by atoms with Crippen LogP contribution in [0.5, 0.6) is 5.75 Å². The minimum absolute atomic E-state index is 0.174. The summed E-state index contributed by atoms with van der Waals surface area (Å²) in [6.45, 7) is 2.03. The Labute approximate surface area is 155 Å². The Bertz CT molecular complexity index is 957. The highest BCUT2D eigenvalue weighted by Gasteiger charge is 2.18. The van der Waals surface area contributed by atoms with E-state index >= 15 is 0 Å². The number of aromatic nitrogens is 2. The molecule has 9 heteroatoms. The number of rotatable bonds is 7. The fourth-order valence-corrected chi connectivity index (χ4v) is 4.05. The second kappa shape index (κ2) is 7.81. The van der Waals surface area contributed by atoms with E-state index < -0.39 is 10.0 Å². The molecule has 7 nitrogen and oxygen atoms in total. The minimum atomic E-state index is -3.63. The number of sulfonamides is 1. The third kappa shape index (κ3) is 4.57. The zero-order chi connectivity index (χ0) is 18.6. The van der Waals surface area contributed by atoms with Gasteiger partial charge in [-0.1, -0.05) is 41.7 Å². The van der Waals surface area contributed by atoms with Gasteiger partial charge in [0.25, 0.3) is 0 Å². The van der Waals surface area contributed by atoms with Crippen LogP contribution in [0.3, 0.4) is 0 Å². The molecule has 3 aromatic rings. The number of benzene rings is 2. The SMILES string of the molecule is C[C@@H](NS(=O)(=O)c1ccc(OCc2nnc(N)s2)cc1)c1ccccc1. The molecule has 3 N–H and O–H groups in total. The van der Waals surface area contributed by atoms with Crippen molar-refractivity contribution in [3.8, 4) is 5.75 Å². The highest BCUT2D eigenvalue weighted by molar-refractivity contribution is 7.89. The summed E-state index contributed by atoms with van der Waals surface area (Å²) < 4.78 is 33.3. The van der Waals surface area contributed by atoms with Gasteiger partial charge in [0.05, 0.1) is 4.90 Å². The number of ether oxygens (including phenoxy) is 1. The third-order valence-electron chi connectivity index (χ3n) is 3.61. The topological polar surface area (TPSA) is 107 Å². The van der Waals surface area contributed by atoms with Crippen LogP contribution >= 0.6 is 11.3 Å². The van der Waals surface area contributed by atoms with Crippen LogP contribution in [0.2, 0.25) is 0 Å². The summed E-state index contributed by atoms with van der Waals surface area (Å²) in [5.41, 5.74) is 6.41. The highest BCUT2D eigenvalue weighted by atomic mass is 32.2. The number of nitrogen functional groups attached to an aromatic ring is 1. The van der Waals surface area contributed by atoms with Crippen molar-refractivity contribution in [2.75, 3.05) is 5.73 Å². The maximum Gasteiger partial charge on any atom is 0.241 e. The average molecular weight is 390 g/mol. The van der Waals surface area contributed by atoms with E-state index in [-0.39, 0.29) is 17.5 Å². The number of nitrogens with two attached hydrogens (primary N) is 1. The van der Waals surface area contributed by atoms with Gasteiger partial charge in [-0.2, -0.15) is 0 Å². The Hall–Kier alpha value is -2.49. The molecule has 0 saturated carbocycles. The number of hydrogen-bond donors (Lipinski definition) is 2. The molecule has 136 valence electrons. The Morgan fingerprint density at radius 1 is 1.12 bits per heavy atom. The smallest absolute Gasteiger partial charge is 0.241 e. The van der Waals surface area contributed by atoms with E-state index in [9.17, 15) is 8.42 Å². The summed E-state index contributed by atoms with van der Waals surface area (Å²) in [4.78, 5) is 0.174. The van der Waals surface area contributed by atoms with Crippen LogP contribution in [0.1, 0.15) is 23.5 Å². The van der Waals surface area contributed by atoms with Gasteiger partial charge in [0.1, 0.15) is 12.4 Å². The molecule has 1 atom stereocenters. The first kappa shape index (κ1) is 18.3. The summed E-state index contributed by atoms with van der Waals surface area (Å²) in [6.07, 6.45) is 0. The Morgan fingerprint density at radius 3 is 2.42 bits per heavy atom. The monoisotopic (exact) mass is 390 g/mol. The lowest BCUT2D eigenvalue weighted by atomic mass is 10.1. The summed E-state index contributed by atoms with van der Waals surface area (Å²) in [7, 11) is -3.63. The Morgan fingerprint density at radius 2 is 1.81 bits per heavy atom. The van der Waals surface area contributed by atoms with Crippen molar-refractivity contribution in [3.63, 3.8) is 0 Å². The molecule has 0 unspecified atom stereocenters. The quantitative estimate of drug-likeness (QED) is 0.642. The van der Waals surface area contributed by atoms with Gasteiger partial charge in [-0.3, -0.25) is 0 Å². The molecular formula is C17H18N4O3S2. The van der Waals surface area contributed by atoms with Gasteiger partial charge in [-0.15, -0.1) is 10.2 Å². The van der Waals surface area contributed by atoms with E-state index in [0.29, 0.717) is 15.9 Å². The van der Waals surface area contributed by atoms with Gasteiger partial charge in [0, 0.05) is 6.04 Å². The number of nitrogens with zero attached hydrogens (tertiary/aromatic N) is 2. The van der Waals surface area contributed by atoms with Crippen molar-refractivity contribution in [1.29, 1.82) is 0 Å². The normalized spacial score (nSPS) is 12.7. The second-order valence-corrected chi connectivity index (χ2v) is 8.36. The van der Waals surface area contributed by atoms with Crippen LogP contribution in [-0.2, 0) is 16.6 Å². The molecule has 0 aliphatic rings. The standard InChI is InChI=1S/C17H18N4O3S2/c1-12(13-5-3-2-4-6-13)21-26(22,23)15-9-7-14(8-10-15)24-11-16-19-20-17(18)25-16/h2-10,12,21H,11H2,1H3,(H2,18,20)/t12-/m1/s1. The molecule has 0 bridgehead atoms. The number of anilines is 1. The molecule has 0 aliphatic heterocycles. The van der Waals surface area contributed by atoms with Crippen LogP contribution < -0.4 is 15.2 Å². The first-order valence-electron chi connectivity index (χ1n) is 7.82. The lowest BCUT2D eigenvalue weighted by molar-refractivity contribution is 0.304. The molecule has 26 heavy (non-hydrogen) atoms. The molecule has 0 fully saturated rings. The minimum Gasteiger partial charge on any atom is -0.486 e. The average Bonchev–Trinajstić information content (AvgIpc) is 3.06. The third-order valence-corrected chi connectivity index (χ3v) is 5.89. The van der Waals surface area contributed by atoms with E-state index in [1.54, 1.807) is 19.1 Å². The Kier molecular flexibility index (Phi) is 5.50. The van der Waals surface area contributed by atoms with E-state index in [2.05, 4.69) is 14.9 Å². The van der Waals surface area contributed by atoms with E-state index in [1.165, 1.54) is 23.5 Å². The molecule has 0 amide bonds. The van der Waals surface area contributed by atoms with Gasteiger partial charge >= 0.3 is 0 Å². The van der Waals surface area contributed by atoms with E-state index in [0.717, 1.165) is 5.56 Å². The van der Waals surface area contributed by atoms with Crippen LogP contribution in [0.25, 0.3) is 0 Å². The van der Waals surface area contributed by atoms with Gasteiger partial charge in [-0.05, 0) is 36.8 Å². The van der Waals surface area contributed by atoms with Gasteiger partial charge in [0.2, 0.25) is 15.2 Å². The first-order valence-corrected chi connectivity index (χ1v) is 10.1. The maximum absolute atomic E-state index is 12.5. The second-order valence-electron chi connectivity index (χ2n) is 5.55. The van der Waals surface area contributed by atoms with E-state index in [4.69, 9.17) is 10.5 Å². The van der Waals surface area contributed by atoms with Gasteiger partial charge < -0.3 is 10.5 Å². The molecule has 0 saturated heterocycles. The van der Waals surface area contributed by atoms with Crippen molar-refractivity contribution in [2.24, 2.45) is 0 Å². The lowest BCUT2D eigenvalue weighted by Gasteiger charge is -2.15. The van der Waals surface area contributed by atoms with Crippen molar-refractivity contribution in [2.45, 2.75) is 24.5 Å². The van der Waals surface area contributed by atoms with Crippen LogP contribution in [0.4, 0.5) is 5.13 Å². The van der Waals surface area contributed by atoms with Crippen LogP contribution in [-0.4, -0.2) is 18.6 Å². The summed E-state index contributed by atoms with van der Waals surface area (Å²) in [5.74, 6) is 0.536. The highest BCUT2D eigenvalue weighted by Crippen LogP contribution is 2.21. The molecule has 0 radical (unpaired) electrons. The van der Waals surface area contributed by atoms with Gasteiger partial charge in [0.15, 0.2) is 5.01 Å². The summed E-state index contributed by atoms with van der Waals surface area (Å²) >= 11 is 1.24. The molecule has 1 heterocycles. The predicted molar refractivity (Wildman–Crippen MR) is 100 cm³/mol. The fourth-order valence-electron chi connectivity index (χ4n) is 2.30. The van der Waals surface area contributed by atoms with Crippen molar-refractivity contribution < 1.29 is 13.2 Å². The molecule has 2 aromatic carbocycles. The van der Waals surface area contributed by atoms with Crippen LogP contribution in [0.15, 0.2) is 59.5 Å². The van der Waals surface area contributed by atoms with E-state index in [1.807, 2.05) is 30.3 Å². The molecular weight excluding hydrogens is 372 g/mol. The summed E-state index contributed by atoms with van der Waals surface area (Å²) in [5, 5.41) is 8.60. The van der Waals surface area contributed by atoms with Crippen molar-refractivity contribution in [3.05, 3.63) is 65.2 Å². The largest absolute Gasteiger partial charge is 0.486 e. The lowest BCUT2D eigenvalue weighted by Crippen LogP contribution is -2.26. The fraction of sp³-hybridized carbons (Fsp3) is 0.176. The predicted octanol–water partition coefficient (Wildman–Crippen LogP) is 2.74.